The molecule has 0 aliphatic rings. The molecule has 0 rings (SSSR count). The molecule has 0 bridgehead atoms. The van der Waals surface area contributed by atoms with Crippen LogP contribution in [0, 0.1) is 0 Å². The number of carboxylic acid groups (broad SMARTS) is 1. The van der Waals surface area contributed by atoms with E-state index in [1.54, 1.807) is 13.8 Å². The zero-order valence-corrected chi connectivity index (χ0v) is 7.88. The summed E-state index contributed by atoms with van der Waals surface area (Å²) in [5.41, 5.74) is -1.51. The standard InChI is InChI=1S/C6H11O5P/c1-3-6(4-2,5(7)8)11-12(9)10/h3-4H2,1-2H3,(H-,7,8,9,10)/p+1. The minimum Gasteiger partial charge on any atom is -0.479 e. The molecule has 70 valence electrons. The van der Waals surface area contributed by atoms with Gasteiger partial charge in [-0.2, -0.15) is 0 Å². The van der Waals surface area contributed by atoms with E-state index in [4.69, 9.17) is 10.00 Å². The largest absolute Gasteiger partial charge is 0.695 e. The summed E-state index contributed by atoms with van der Waals surface area (Å²) in [6.07, 6.45) is 0.334. The second-order valence-corrected chi connectivity index (χ2v) is 2.99. The van der Waals surface area contributed by atoms with Crippen molar-refractivity contribution in [3.8, 4) is 0 Å². The van der Waals surface area contributed by atoms with Gasteiger partial charge in [0.2, 0.25) is 5.60 Å². The fourth-order valence-corrected chi connectivity index (χ4v) is 1.51. The van der Waals surface area contributed by atoms with E-state index in [1.165, 1.54) is 0 Å². The molecule has 0 radical (unpaired) electrons. The number of carbonyl (C=O) groups is 1. The fourth-order valence-electron chi connectivity index (χ4n) is 0.870. The summed E-state index contributed by atoms with van der Waals surface area (Å²) in [5.74, 6) is -1.20. The Morgan fingerprint density at radius 1 is 1.50 bits per heavy atom. The minimum absolute atomic E-state index is 0.167. The molecule has 12 heavy (non-hydrogen) atoms. The zero-order chi connectivity index (χ0) is 9.78. The molecule has 6 heteroatoms. The summed E-state index contributed by atoms with van der Waals surface area (Å²) in [4.78, 5) is 19.1. The second-order valence-electron chi connectivity index (χ2n) is 2.34. The van der Waals surface area contributed by atoms with Crippen LogP contribution < -0.4 is 0 Å². The van der Waals surface area contributed by atoms with Crippen LogP contribution in [-0.4, -0.2) is 21.6 Å². The topological polar surface area (TPSA) is 83.8 Å². The molecule has 2 N–H and O–H groups in total. The quantitative estimate of drug-likeness (QED) is 0.646. The molecule has 0 fully saturated rings. The van der Waals surface area contributed by atoms with E-state index in [9.17, 15) is 9.36 Å². The molecule has 0 heterocycles. The smallest absolute Gasteiger partial charge is 0.479 e. The van der Waals surface area contributed by atoms with Gasteiger partial charge in [0.05, 0.1) is 0 Å². The maximum atomic E-state index is 10.7. The van der Waals surface area contributed by atoms with Gasteiger partial charge in [-0.05, 0) is 12.8 Å². The molecule has 5 nitrogen and oxygen atoms in total. The van der Waals surface area contributed by atoms with Crippen LogP contribution in [0.1, 0.15) is 26.7 Å². The Kier molecular flexibility index (Phi) is 4.31. The average molecular weight is 195 g/mol. The second kappa shape index (κ2) is 4.50. The van der Waals surface area contributed by atoms with E-state index in [0.29, 0.717) is 0 Å². The maximum Gasteiger partial charge on any atom is 0.695 e. The molecule has 0 amide bonds. The lowest BCUT2D eigenvalue weighted by Crippen LogP contribution is -2.38. The predicted octanol–water partition coefficient (Wildman–Crippen LogP) is 1.30. The van der Waals surface area contributed by atoms with E-state index in [1.807, 2.05) is 0 Å². The molecule has 0 spiro atoms. The van der Waals surface area contributed by atoms with E-state index in [-0.39, 0.29) is 12.8 Å². The molecular formula is C6H12O5P+. The van der Waals surface area contributed by atoms with E-state index >= 15 is 0 Å². The Morgan fingerprint density at radius 3 is 2.00 bits per heavy atom. The lowest BCUT2D eigenvalue weighted by Gasteiger charge is -2.18. The van der Waals surface area contributed by atoms with E-state index in [0.717, 1.165) is 0 Å². The Labute approximate surface area is 71.3 Å². The van der Waals surface area contributed by atoms with E-state index < -0.39 is 19.8 Å². The first-order chi connectivity index (χ1) is 5.48. The molecule has 0 saturated carbocycles. The third kappa shape index (κ3) is 2.52. The van der Waals surface area contributed by atoms with Crippen molar-refractivity contribution in [2.24, 2.45) is 0 Å². The first kappa shape index (κ1) is 11.5. The van der Waals surface area contributed by atoms with Gasteiger partial charge in [-0.3, -0.25) is 0 Å². The highest BCUT2D eigenvalue weighted by atomic mass is 31.1. The Balaban J connectivity index is 4.58. The highest BCUT2D eigenvalue weighted by molar-refractivity contribution is 7.32. The van der Waals surface area contributed by atoms with Crippen molar-refractivity contribution in [2.75, 3.05) is 0 Å². The van der Waals surface area contributed by atoms with Crippen LogP contribution in [0.2, 0.25) is 0 Å². The summed E-state index contributed by atoms with van der Waals surface area (Å²) in [6.45, 7) is 3.19. The van der Waals surface area contributed by atoms with Gasteiger partial charge in [-0.25, -0.2) is 4.79 Å². The van der Waals surface area contributed by atoms with Crippen molar-refractivity contribution >= 4 is 14.2 Å². The first-order valence-electron chi connectivity index (χ1n) is 3.57. The lowest BCUT2D eigenvalue weighted by molar-refractivity contribution is -0.156. The van der Waals surface area contributed by atoms with Crippen molar-refractivity contribution in [1.82, 2.24) is 0 Å². The number of hydrogen-bond acceptors (Lipinski definition) is 3. The van der Waals surface area contributed by atoms with Crippen LogP contribution in [0.3, 0.4) is 0 Å². The monoisotopic (exact) mass is 195 g/mol. The van der Waals surface area contributed by atoms with Crippen LogP contribution in [0.5, 0.6) is 0 Å². The van der Waals surface area contributed by atoms with Gasteiger partial charge in [0.15, 0.2) is 0 Å². The van der Waals surface area contributed by atoms with Crippen LogP contribution in [-0.2, 0) is 13.9 Å². The third-order valence-corrected chi connectivity index (χ3v) is 2.29. The number of carboxylic acids is 1. The molecule has 0 aromatic rings. The van der Waals surface area contributed by atoms with Gasteiger partial charge in [0, 0.05) is 4.57 Å². The van der Waals surface area contributed by atoms with Crippen LogP contribution in [0.4, 0.5) is 0 Å². The van der Waals surface area contributed by atoms with Crippen molar-refractivity contribution < 1.29 is 23.9 Å². The highest BCUT2D eigenvalue weighted by Gasteiger charge is 2.44. The molecule has 1 unspecified atom stereocenters. The van der Waals surface area contributed by atoms with Gasteiger partial charge in [0.1, 0.15) is 0 Å². The average Bonchev–Trinajstić information content (AvgIpc) is 1.99. The predicted molar refractivity (Wildman–Crippen MR) is 41.9 cm³/mol. The highest BCUT2D eigenvalue weighted by Crippen LogP contribution is 2.31. The summed E-state index contributed by atoms with van der Waals surface area (Å²) < 4.78 is 14.8. The summed E-state index contributed by atoms with van der Waals surface area (Å²) in [7, 11) is -2.86. The fraction of sp³-hybridized carbons (Fsp3) is 0.833. The van der Waals surface area contributed by atoms with Crippen LogP contribution in [0.15, 0.2) is 0 Å². The summed E-state index contributed by atoms with van der Waals surface area (Å²) in [6, 6.07) is 0. The molecule has 0 aliphatic carbocycles. The Bertz CT molecular complexity index is 186. The molecule has 0 saturated heterocycles. The SMILES string of the molecule is CCC(CC)(O[P+](=O)O)C(=O)O. The lowest BCUT2D eigenvalue weighted by atomic mass is 9.98. The molecule has 1 atom stereocenters. The normalized spacial score (nSPS) is 12.8. The third-order valence-electron chi connectivity index (χ3n) is 1.78. The Morgan fingerprint density at radius 2 is 1.92 bits per heavy atom. The van der Waals surface area contributed by atoms with Crippen molar-refractivity contribution in [1.29, 1.82) is 0 Å². The number of aliphatic carboxylic acids is 1. The van der Waals surface area contributed by atoms with Crippen molar-refractivity contribution in [2.45, 2.75) is 32.3 Å². The van der Waals surface area contributed by atoms with Crippen LogP contribution in [0.25, 0.3) is 0 Å². The zero-order valence-electron chi connectivity index (χ0n) is 6.98. The number of rotatable bonds is 5. The summed E-state index contributed by atoms with van der Waals surface area (Å²) >= 11 is 0. The maximum absolute atomic E-state index is 10.7. The molecule has 0 aliphatic heterocycles. The summed E-state index contributed by atoms with van der Waals surface area (Å²) in [5, 5.41) is 8.71. The van der Waals surface area contributed by atoms with Gasteiger partial charge < -0.3 is 5.11 Å². The van der Waals surface area contributed by atoms with Crippen molar-refractivity contribution in [3.05, 3.63) is 0 Å². The molecule has 0 aromatic carbocycles. The molecular weight excluding hydrogens is 183 g/mol. The minimum atomic E-state index is -2.86. The first-order valence-corrected chi connectivity index (χ1v) is 4.70. The van der Waals surface area contributed by atoms with Gasteiger partial charge >= 0.3 is 14.2 Å². The van der Waals surface area contributed by atoms with Gasteiger partial charge in [-0.1, -0.05) is 13.8 Å². The van der Waals surface area contributed by atoms with Gasteiger partial charge in [0.25, 0.3) is 0 Å². The molecule has 0 aromatic heterocycles. The van der Waals surface area contributed by atoms with Gasteiger partial charge in [-0.15, -0.1) is 9.42 Å². The number of hydrogen-bond donors (Lipinski definition) is 2. The van der Waals surface area contributed by atoms with Crippen molar-refractivity contribution in [3.63, 3.8) is 0 Å². The van der Waals surface area contributed by atoms with Crippen LogP contribution >= 0.6 is 8.25 Å². The van der Waals surface area contributed by atoms with E-state index in [2.05, 4.69) is 4.52 Å². The Hall–Kier alpha value is -0.510.